The van der Waals surface area contributed by atoms with E-state index in [9.17, 15) is 18.6 Å². The third kappa shape index (κ3) is 5.22. The normalized spacial score (nSPS) is 41.1. The minimum atomic E-state index is -3.85. The third-order valence-electron chi connectivity index (χ3n) is 18.2. The molecule has 57 heavy (non-hydrogen) atoms. The van der Waals surface area contributed by atoms with E-state index in [0.29, 0.717) is 47.4 Å². The van der Waals surface area contributed by atoms with Gasteiger partial charge in [-0.05, 0) is 127 Å². The number of nitrogens with zero attached hydrogens (tertiary/aromatic N) is 1. The van der Waals surface area contributed by atoms with E-state index in [1.807, 2.05) is 53.9 Å². The van der Waals surface area contributed by atoms with Crippen LogP contribution in [0, 0.1) is 56.7 Å². The maximum Gasteiger partial charge on any atom is 0.252 e. The van der Waals surface area contributed by atoms with Crippen LogP contribution in [0.5, 0.6) is 0 Å². The van der Waals surface area contributed by atoms with Gasteiger partial charge in [-0.1, -0.05) is 107 Å². The van der Waals surface area contributed by atoms with Gasteiger partial charge in [0.2, 0.25) is 0 Å². The first kappa shape index (κ1) is 38.3. The number of rotatable bonds is 9. The van der Waals surface area contributed by atoms with Gasteiger partial charge in [-0.3, -0.25) is 4.79 Å². The molecule has 0 saturated heterocycles. The molecule has 12 rings (SSSR count). The molecule has 6 nitrogen and oxygen atoms in total. The number of hydrogen-bond donors (Lipinski definition) is 2. The van der Waals surface area contributed by atoms with Gasteiger partial charge in [-0.25, -0.2) is 8.42 Å². The molecule has 2 aromatic carbocycles. The van der Waals surface area contributed by atoms with E-state index in [1.165, 1.54) is 17.8 Å². The van der Waals surface area contributed by atoms with Crippen molar-refractivity contribution >= 4 is 27.1 Å². The number of carbonyl (C=O) groups is 1. The summed E-state index contributed by atoms with van der Waals surface area (Å²) in [5.41, 5.74) is 0.767. The molecule has 8 heteroatoms. The summed E-state index contributed by atoms with van der Waals surface area (Å²) in [6, 6.07) is 21.8. The van der Waals surface area contributed by atoms with E-state index in [0.717, 1.165) is 55.2 Å². The molecule has 2 spiro atoms. The van der Waals surface area contributed by atoms with Crippen molar-refractivity contribution in [3.05, 3.63) is 101 Å². The van der Waals surface area contributed by atoms with Crippen molar-refractivity contribution in [3.8, 4) is 11.1 Å². The fourth-order valence-corrected chi connectivity index (χ4v) is 17.4. The Morgan fingerprint density at radius 2 is 1.53 bits per heavy atom. The molecule has 6 fully saturated rings. The van der Waals surface area contributed by atoms with Crippen molar-refractivity contribution in [3.63, 3.8) is 0 Å². The van der Waals surface area contributed by atoms with Crippen molar-refractivity contribution in [2.24, 2.45) is 56.7 Å². The first-order chi connectivity index (χ1) is 27.1. The van der Waals surface area contributed by atoms with Crippen LogP contribution in [0.3, 0.4) is 0 Å². The summed E-state index contributed by atoms with van der Waals surface area (Å²) in [5.74, 6) is 1.60. The average Bonchev–Trinajstić information content (AvgIpc) is 3.85. The van der Waals surface area contributed by atoms with Crippen LogP contribution in [0.2, 0.25) is 0 Å². The number of Topliss-reactive ketones (excluding diaryl/α,β-unsaturated/α-hetero) is 1. The summed E-state index contributed by atoms with van der Waals surface area (Å²) < 4.78 is 31.4. The lowest BCUT2D eigenvalue weighted by Gasteiger charge is -2.71. The smallest absolute Gasteiger partial charge is 0.252 e. The van der Waals surface area contributed by atoms with Gasteiger partial charge in [0, 0.05) is 40.5 Å². The van der Waals surface area contributed by atoms with Crippen LogP contribution in [0.15, 0.2) is 100 Å². The highest BCUT2D eigenvalue weighted by molar-refractivity contribution is 7.91. The number of aliphatic hydroxyl groups is 2. The van der Waals surface area contributed by atoms with Gasteiger partial charge in [0.05, 0.1) is 11.7 Å². The zero-order valence-electron chi connectivity index (χ0n) is 34.0. The number of hydrogen-bond acceptors (Lipinski definition) is 6. The second-order valence-electron chi connectivity index (χ2n) is 20.5. The Kier molecular flexibility index (Phi) is 8.62. The van der Waals surface area contributed by atoms with Crippen molar-refractivity contribution in [1.82, 2.24) is 4.31 Å². The number of fused-ring (bicyclic) bond motifs is 3. The van der Waals surface area contributed by atoms with E-state index < -0.39 is 38.0 Å². The second-order valence-corrected chi connectivity index (χ2v) is 23.6. The summed E-state index contributed by atoms with van der Waals surface area (Å²) in [6.45, 7) is 9.85. The second kappa shape index (κ2) is 12.8. The van der Waals surface area contributed by atoms with E-state index in [-0.39, 0.29) is 40.9 Å². The summed E-state index contributed by atoms with van der Waals surface area (Å²) in [5, 5.41) is 26.3. The Morgan fingerprint density at radius 3 is 2.23 bits per heavy atom. The van der Waals surface area contributed by atoms with Gasteiger partial charge in [0.1, 0.15) is 4.21 Å². The number of benzene rings is 2. The molecule has 1 heterocycles. The zero-order valence-corrected chi connectivity index (χ0v) is 35.6. The minimum Gasteiger partial charge on any atom is -0.393 e. The van der Waals surface area contributed by atoms with Crippen molar-refractivity contribution in [1.29, 1.82) is 0 Å². The van der Waals surface area contributed by atoms with E-state index >= 15 is 4.79 Å². The SMILES string of the molecule is CC1(C)C2CCC(CN(CC3(O)CCC4C56C=CC7(C=C5C(=O)c5ccc(-c8ccccc8)cc5)CC(O)CCC7(C)C6CCC43C)S(=O)(=O)c3cccs3)C1C2. The molecule has 0 radical (unpaired) electrons. The quantitative estimate of drug-likeness (QED) is 0.166. The lowest BCUT2D eigenvalue weighted by molar-refractivity contribution is -0.174. The highest BCUT2D eigenvalue weighted by Gasteiger charge is 2.74. The molecule has 3 aromatic rings. The molecule has 2 N–H and O–H groups in total. The standard InChI is InChI=1S/C49H59NO5S2/c1-44(2)36-17-16-35(38(44)27-36)30-50(57(54,55)42-11-8-26-56-42)31-48(53)23-20-41-46(48,4)22-19-40-45(3)21-18-37(51)28-47(45)24-25-49(40,41)39(29-47)43(52)34-14-12-33(13-15-34)32-9-6-5-7-10-32/h5-15,24-26,29,35-38,40-41,51,53H,16-23,27-28,30-31H2,1-4H3. The average molecular weight is 806 g/mol. The maximum absolute atomic E-state index is 15.2. The first-order valence-electron chi connectivity index (χ1n) is 21.7. The minimum absolute atomic E-state index is 0.0331. The molecule has 9 aliphatic rings. The number of thiophene rings is 1. The Labute approximate surface area is 343 Å². The van der Waals surface area contributed by atoms with Crippen LogP contribution in [-0.2, 0) is 10.0 Å². The number of sulfonamides is 1. The summed E-state index contributed by atoms with van der Waals surface area (Å²) in [4.78, 5) is 15.2. The van der Waals surface area contributed by atoms with E-state index in [1.54, 1.807) is 10.4 Å². The van der Waals surface area contributed by atoms with Crippen molar-refractivity contribution in [2.45, 2.75) is 108 Å². The molecule has 0 amide bonds. The lowest BCUT2D eigenvalue weighted by atomic mass is 9.32. The van der Waals surface area contributed by atoms with Gasteiger partial charge in [0.25, 0.3) is 10.0 Å². The van der Waals surface area contributed by atoms with Crippen LogP contribution < -0.4 is 0 Å². The van der Waals surface area contributed by atoms with E-state index in [2.05, 4.69) is 58.1 Å². The zero-order chi connectivity index (χ0) is 39.8. The van der Waals surface area contributed by atoms with Crippen LogP contribution in [0.1, 0.15) is 102 Å². The molecule has 11 unspecified atom stereocenters. The largest absolute Gasteiger partial charge is 0.393 e. The van der Waals surface area contributed by atoms with Gasteiger partial charge in [-0.2, -0.15) is 4.31 Å². The monoisotopic (exact) mass is 805 g/mol. The highest BCUT2D eigenvalue weighted by atomic mass is 32.2. The molecule has 4 bridgehead atoms. The van der Waals surface area contributed by atoms with Crippen LogP contribution in [0.4, 0.5) is 0 Å². The van der Waals surface area contributed by atoms with Gasteiger partial charge >= 0.3 is 0 Å². The molecule has 11 atom stereocenters. The number of aliphatic hydroxyl groups excluding tert-OH is 1. The van der Waals surface area contributed by atoms with Crippen molar-refractivity contribution < 1.29 is 23.4 Å². The van der Waals surface area contributed by atoms with Gasteiger partial charge in [0.15, 0.2) is 5.78 Å². The molecular formula is C49H59NO5S2. The molecule has 9 aliphatic carbocycles. The highest BCUT2D eigenvalue weighted by Crippen LogP contribution is 2.78. The molecule has 0 aliphatic heterocycles. The van der Waals surface area contributed by atoms with Crippen LogP contribution in [-0.4, -0.2) is 53.5 Å². The lowest BCUT2D eigenvalue weighted by Crippen LogP contribution is -2.67. The summed E-state index contributed by atoms with van der Waals surface area (Å²) in [7, 11) is -3.85. The molecule has 302 valence electrons. The third-order valence-corrected chi connectivity index (χ3v) is 21.4. The van der Waals surface area contributed by atoms with Crippen LogP contribution in [0.25, 0.3) is 11.1 Å². The summed E-state index contributed by atoms with van der Waals surface area (Å²) >= 11 is 1.26. The predicted molar refractivity (Wildman–Crippen MR) is 226 cm³/mol. The Bertz CT molecular complexity index is 2250. The molecule has 1 aromatic heterocycles. The molecular weight excluding hydrogens is 747 g/mol. The maximum atomic E-state index is 15.2. The first-order valence-corrected chi connectivity index (χ1v) is 24.0. The number of allylic oxidation sites excluding steroid dienone is 4. The molecule has 6 saturated carbocycles. The van der Waals surface area contributed by atoms with Gasteiger partial charge < -0.3 is 10.2 Å². The van der Waals surface area contributed by atoms with Crippen LogP contribution >= 0.6 is 11.3 Å². The fraction of sp³-hybridized carbons (Fsp3) is 0.571. The predicted octanol–water partition coefficient (Wildman–Crippen LogP) is 9.95. The van der Waals surface area contributed by atoms with Gasteiger partial charge in [-0.15, -0.1) is 11.3 Å². The Morgan fingerprint density at radius 1 is 0.825 bits per heavy atom. The Balaban J connectivity index is 1.04. The number of carbonyl (C=O) groups excluding carboxylic acids is 1. The summed E-state index contributed by atoms with van der Waals surface area (Å²) in [6.07, 6.45) is 14.9. The number of ketones is 1. The van der Waals surface area contributed by atoms with Crippen molar-refractivity contribution in [2.75, 3.05) is 13.1 Å². The topological polar surface area (TPSA) is 94.9 Å². The van der Waals surface area contributed by atoms with E-state index in [4.69, 9.17) is 0 Å². The Hall–Kier alpha value is -2.88. The fourth-order valence-electron chi connectivity index (χ4n) is 14.7.